The van der Waals surface area contributed by atoms with Gasteiger partial charge in [0.25, 0.3) is 0 Å². The lowest BCUT2D eigenvalue weighted by Crippen LogP contribution is -1.89. The molecule has 3 aromatic rings. The molecular formula is C10H7ClN4O. The minimum atomic E-state index is 0.398. The largest absolute Gasteiger partial charge is 0.469 e. The van der Waals surface area contributed by atoms with Gasteiger partial charge in [-0.05, 0) is 13.0 Å². The Hall–Kier alpha value is -1.88. The SMILES string of the molecule is Cc1cc(-c2nnc3cc(Cl)ncn23)co1. The van der Waals surface area contributed by atoms with E-state index >= 15 is 0 Å². The molecule has 16 heavy (non-hydrogen) atoms. The van der Waals surface area contributed by atoms with Crippen LogP contribution < -0.4 is 0 Å². The summed E-state index contributed by atoms with van der Waals surface area (Å²) in [7, 11) is 0. The summed E-state index contributed by atoms with van der Waals surface area (Å²) in [5.41, 5.74) is 1.53. The first-order valence-electron chi connectivity index (χ1n) is 4.66. The highest BCUT2D eigenvalue weighted by Crippen LogP contribution is 2.21. The van der Waals surface area contributed by atoms with Crippen LogP contribution in [0.5, 0.6) is 0 Å². The Morgan fingerprint density at radius 1 is 1.31 bits per heavy atom. The minimum absolute atomic E-state index is 0.398. The number of halogens is 1. The van der Waals surface area contributed by atoms with Crippen LogP contribution in [0.4, 0.5) is 0 Å². The van der Waals surface area contributed by atoms with Crippen molar-refractivity contribution in [3.8, 4) is 11.4 Å². The van der Waals surface area contributed by atoms with E-state index < -0.39 is 0 Å². The lowest BCUT2D eigenvalue weighted by atomic mass is 10.3. The molecule has 3 rings (SSSR count). The van der Waals surface area contributed by atoms with Crippen molar-refractivity contribution in [3.63, 3.8) is 0 Å². The van der Waals surface area contributed by atoms with Gasteiger partial charge in [0.1, 0.15) is 23.5 Å². The van der Waals surface area contributed by atoms with Gasteiger partial charge < -0.3 is 4.42 Å². The van der Waals surface area contributed by atoms with Crippen LogP contribution in [-0.4, -0.2) is 19.6 Å². The first kappa shape index (κ1) is 9.35. The van der Waals surface area contributed by atoms with Crippen LogP contribution in [0, 0.1) is 6.92 Å². The number of rotatable bonds is 1. The van der Waals surface area contributed by atoms with Gasteiger partial charge in [0.15, 0.2) is 11.5 Å². The molecule has 0 fully saturated rings. The number of furan rings is 1. The Bertz CT molecular complexity index is 658. The van der Waals surface area contributed by atoms with Crippen LogP contribution in [-0.2, 0) is 0 Å². The maximum atomic E-state index is 5.77. The molecule has 6 heteroatoms. The molecule has 0 saturated heterocycles. The summed E-state index contributed by atoms with van der Waals surface area (Å²) < 4.78 is 6.99. The lowest BCUT2D eigenvalue weighted by Gasteiger charge is -1.95. The molecule has 0 aliphatic rings. The van der Waals surface area contributed by atoms with Crippen molar-refractivity contribution in [1.29, 1.82) is 0 Å². The first-order valence-corrected chi connectivity index (χ1v) is 5.03. The molecule has 0 atom stereocenters. The monoisotopic (exact) mass is 234 g/mol. The maximum Gasteiger partial charge on any atom is 0.172 e. The van der Waals surface area contributed by atoms with Gasteiger partial charge in [-0.1, -0.05) is 11.6 Å². The third-order valence-electron chi connectivity index (χ3n) is 2.26. The third kappa shape index (κ3) is 1.37. The summed E-state index contributed by atoms with van der Waals surface area (Å²) >= 11 is 5.77. The smallest absolute Gasteiger partial charge is 0.172 e. The summed E-state index contributed by atoms with van der Waals surface area (Å²) in [6.45, 7) is 1.88. The van der Waals surface area contributed by atoms with Crippen LogP contribution >= 0.6 is 11.6 Å². The van der Waals surface area contributed by atoms with Crippen LogP contribution in [0.2, 0.25) is 5.15 Å². The van der Waals surface area contributed by atoms with Crippen LogP contribution in [0.3, 0.4) is 0 Å². The third-order valence-corrected chi connectivity index (χ3v) is 2.46. The Balaban J connectivity index is 2.25. The highest BCUT2D eigenvalue weighted by atomic mass is 35.5. The van der Waals surface area contributed by atoms with E-state index in [0.717, 1.165) is 11.3 Å². The number of aromatic nitrogens is 4. The molecule has 3 aromatic heterocycles. The molecule has 0 radical (unpaired) electrons. The van der Waals surface area contributed by atoms with E-state index in [1.807, 2.05) is 13.0 Å². The molecule has 0 aromatic carbocycles. The van der Waals surface area contributed by atoms with E-state index in [4.69, 9.17) is 16.0 Å². The zero-order valence-corrected chi connectivity index (χ0v) is 9.14. The van der Waals surface area contributed by atoms with E-state index in [2.05, 4.69) is 15.2 Å². The number of fused-ring (bicyclic) bond motifs is 1. The van der Waals surface area contributed by atoms with Crippen LogP contribution in [0.15, 0.2) is 29.1 Å². The van der Waals surface area contributed by atoms with Gasteiger partial charge in [-0.2, -0.15) is 0 Å². The predicted octanol–water partition coefficient (Wildman–Crippen LogP) is 2.35. The fourth-order valence-electron chi connectivity index (χ4n) is 1.53. The fraction of sp³-hybridized carbons (Fsp3) is 0.100. The summed E-state index contributed by atoms with van der Waals surface area (Å²) in [6, 6.07) is 3.55. The van der Waals surface area contributed by atoms with Gasteiger partial charge in [-0.25, -0.2) is 4.98 Å². The summed E-state index contributed by atoms with van der Waals surface area (Å²) in [5.74, 6) is 1.52. The van der Waals surface area contributed by atoms with Crippen molar-refractivity contribution in [2.45, 2.75) is 6.92 Å². The van der Waals surface area contributed by atoms with Crippen LogP contribution in [0.1, 0.15) is 5.76 Å². The molecule has 0 spiro atoms. The van der Waals surface area contributed by atoms with Gasteiger partial charge in [0, 0.05) is 6.07 Å². The van der Waals surface area contributed by atoms with Gasteiger partial charge in [-0.15, -0.1) is 10.2 Å². The number of aryl methyl sites for hydroxylation is 1. The van der Waals surface area contributed by atoms with Crippen molar-refractivity contribution in [2.75, 3.05) is 0 Å². The molecule has 0 amide bonds. The second-order valence-corrected chi connectivity index (χ2v) is 3.80. The van der Waals surface area contributed by atoms with E-state index in [1.54, 1.807) is 23.1 Å². The molecule has 0 aliphatic heterocycles. The average molecular weight is 235 g/mol. The van der Waals surface area contributed by atoms with Crippen molar-refractivity contribution in [1.82, 2.24) is 19.6 Å². The number of nitrogens with zero attached hydrogens (tertiary/aromatic N) is 4. The Labute approximate surface area is 95.7 Å². The summed E-state index contributed by atoms with van der Waals surface area (Å²) in [5, 5.41) is 8.48. The summed E-state index contributed by atoms with van der Waals surface area (Å²) in [6.07, 6.45) is 3.23. The Morgan fingerprint density at radius 2 is 2.19 bits per heavy atom. The minimum Gasteiger partial charge on any atom is -0.469 e. The van der Waals surface area contributed by atoms with Crippen molar-refractivity contribution in [3.05, 3.63) is 35.6 Å². The second kappa shape index (κ2) is 3.31. The zero-order chi connectivity index (χ0) is 11.1. The zero-order valence-electron chi connectivity index (χ0n) is 8.38. The molecule has 80 valence electrons. The van der Waals surface area contributed by atoms with Crippen molar-refractivity contribution in [2.24, 2.45) is 0 Å². The standard InChI is InChI=1S/C10H7ClN4O/c1-6-2-7(4-16-6)10-14-13-9-3-8(11)12-5-15(9)10/h2-5H,1H3. The molecule has 0 aliphatic carbocycles. The van der Waals surface area contributed by atoms with E-state index in [1.165, 1.54) is 0 Å². The quantitative estimate of drug-likeness (QED) is 0.607. The highest BCUT2D eigenvalue weighted by Gasteiger charge is 2.10. The number of hydrogen-bond donors (Lipinski definition) is 0. The second-order valence-electron chi connectivity index (χ2n) is 3.41. The number of hydrogen-bond acceptors (Lipinski definition) is 4. The molecule has 0 N–H and O–H groups in total. The van der Waals surface area contributed by atoms with E-state index in [-0.39, 0.29) is 0 Å². The predicted molar refractivity (Wildman–Crippen MR) is 58.2 cm³/mol. The molecule has 3 heterocycles. The van der Waals surface area contributed by atoms with Crippen molar-refractivity contribution >= 4 is 17.2 Å². The molecule has 0 bridgehead atoms. The topological polar surface area (TPSA) is 56.2 Å². The van der Waals surface area contributed by atoms with Crippen molar-refractivity contribution < 1.29 is 4.42 Å². The van der Waals surface area contributed by atoms with Gasteiger partial charge >= 0.3 is 0 Å². The Kier molecular flexibility index (Phi) is 1.94. The maximum absolute atomic E-state index is 5.77. The summed E-state index contributed by atoms with van der Waals surface area (Å²) in [4.78, 5) is 3.99. The highest BCUT2D eigenvalue weighted by molar-refractivity contribution is 6.29. The lowest BCUT2D eigenvalue weighted by molar-refractivity contribution is 0.534. The molecule has 0 saturated carbocycles. The fourth-order valence-corrected chi connectivity index (χ4v) is 1.67. The van der Waals surface area contributed by atoms with Crippen LogP contribution in [0.25, 0.3) is 17.0 Å². The van der Waals surface area contributed by atoms with Gasteiger partial charge in [-0.3, -0.25) is 4.40 Å². The molecule has 5 nitrogen and oxygen atoms in total. The molecule has 0 unspecified atom stereocenters. The first-order chi connectivity index (χ1) is 7.74. The van der Waals surface area contributed by atoms with E-state index in [0.29, 0.717) is 16.6 Å². The molecular weight excluding hydrogens is 228 g/mol. The normalized spacial score (nSPS) is 11.1. The average Bonchev–Trinajstić information content (AvgIpc) is 2.83. The van der Waals surface area contributed by atoms with E-state index in [9.17, 15) is 0 Å². The Morgan fingerprint density at radius 3 is 2.94 bits per heavy atom. The van der Waals surface area contributed by atoms with Gasteiger partial charge in [0.05, 0.1) is 5.56 Å². The van der Waals surface area contributed by atoms with Gasteiger partial charge in [0.2, 0.25) is 0 Å².